The fourth-order valence-corrected chi connectivity index (χ4v) is 5.01. The lowest BCUT2D eigenvalue weighted by molar-refractivity contribution is -0.454. The van der Waals surface area contributed by atoms with Gasteiger partial charge in [-0.15, -0.1) is 11.3 Å². The Hall–Kier alpha value is -3.62. The number of carbonyl (C=O) groups excluding carboxylic acids is 2. The Morgan fingerprint density at radius 2 is 2.00 bits per heavy atom. The first-order valence-electron chi connectivity index (χ1n) is 11.3. The van der Waals surface area contributed by atoms with Crippen LogP contribution in [-0.2, 0) is 0 Å². The van der Waals surface area contributed by atoms with Gasteiger partial charge in [-0.2, -0.15) is 13.2 Å². The summed E-state index contributed by atoms with van der Waals surface area (Å²) in [6, 6.07) is 5.60. The number of halogens is 3. The number of urea groups is 1. The molecule has 0 fully saturated rings. The van der Waals surface area contributed by atoms with Crippen LogP contribution in [0.15, 0.2) is 30.5 Å². The van der Waals surface area contributed by atoms with Crippen LogP contribution in [0.3, 0.4) is 0 Å². The summed E-state index contributed by atoms with van der Waals surface area (Å²) < 4.78 is 39.3. The van der Waals surface area contributed by atoms with Crippen LogP contribution in [0.5, 0.6) is 0 Å². The minimum Gasteiger partial charge on any atom is -0.404 e. The third-order valence-corrected chi connectivity index (χ3v) is 7.05. The molecule has 198 valence electrons. The van der Waals surface area contributed by atoms with Gasteiger partial charge in [0.1, 0.15) is 12.2 Å². The molecule has 0 radical (unpaired) electrons. The smallest absolute Gasteiger partial charge is 0.404 e. The zero-order chi connectivity index (χ0) is 27.1. The molecule has 3 amide bonds. The van der Waals surface area contributed by atoms with Gasteiger partial charge in [0.25, 0.3) is 5.91 Å². The van der Waals surface area contributed by atoms with Gasteiger partial charge in [-0.3, -0.25) is 4.79 Å². The first kappa shape index (κ1) is 26.4. The van der Waals surface area contributed by atoms with Crippen LogP contribution < -0.4 is 31.5 Å². The van der Waals surface area contributed by atoms with Gasteiger partial charge in [-0.05, 0) is 38.5 Å². The van der Waals surface area contributed by atoms with Crippen molar-refractivity contribution in [3.8, 4) is 0 Å². The maximum atomic E-state index is 13.1. The average molecular weight is 539 g/mol. The van der Waals surface area contributed by atoms with Gasteiger partial charge < -0.3 is 31.8 Å². The summed E-state index contributed by atoms with van der Waals surface area (Å²) >= 11 is 1.15. The van der Waals surface area contributed by atoms with Crippen LogP contribution in [0, 0.1) is 5.41 Å². The van der Waals surface area contributed by atoms with E-state index in [2.05, 4.69) is 10.6 Å². The Labute approximate surface area is 214 Å². The number of nitrogens with two attached hydrogens (primary N) is 2. The number of thiophene rings is 1. The van der Waals surface area contributed by atoms with Crippen molar-refractivity contribution in [2.24, 2.45) is 5.73 Å². The summed E-state index contributed by atoms with van der Waals surface area (Å²) in [5.74, 6) is -0.413. The van der Waals surface area contributed by atoms with E-state index in [0.29, 0.717) is 43.7 Å². The highest BCUT2D eigenvalue weighted by atomic mass is 32.1. The fraction of sp³-hybridized carbons (Fsp3) is 0.348. The number of aliphatic hydroxyl groups is 1. The average Bonchev–Trinajstić information content (AvgIpc) is 3.47. The van der Waals surface area contributed by atoms with Crippen LogP contribution in [0.4, 0.5) is 40.7 Å². The number of hydrogen-bond acceptors (Lipinski definition) is 8. The van der Waals surface area contributed by atoms with Crippen LogP contribution in [0.25, 0.3) is 5.57 Å². The summed E-state index contributed by atoms with van der Waals surface area (Å²) in [4.78, 5) is 28.7. The Bertz CT molecular complexity index is 1270. The van der Waals surface area contributed by atoms with Gasteiger partial charge in [0.2, 0.25) is 0 Å². The lowest BCUT2D eigenvalue weighted by Crippen LogP contribution is -2.82. The predicted molar refractivity (Wildman–Crippen MR) is 135 cm³/mol. The summed E-state index contributed by atoms with van der Waals surface area (Å²) in [6.45, 7) is 2.10. The van der Waals surface area contributed by atoms with E-state index >= 15 is 0 Å². The van der Waals surface area contributed by atoms with E-state index in [1.165, 1.54) is 12.3 Å². The number of allylic oxidation sites excluding steroid dienone is 1. The molecule has 0 saturated carbocycles. The van der Waals surface area contributed by atoms with Gasteiger partial charge in [-0.25, -0.2) is 15.0 Å². The molecule has 4 rings (SSSR count). The van der Waals surface area contributed by atoms with Crippen molar-refractivity contribution in [2.45, 2.75) is 38.3 Å². The Morgan fingerprint density at radius 1 is 1.30 bits per heavy atom. The highest BCUT2D eigenvalue weighted by molar-refractivity contribution is 7.15. The number of rotatable bonds is 8. The number of quaternary nitrogens is 1. The van der Waals surface area contributed by atoms with E-state index in [1.807, 2.05) is 0 Å². The van der Waals surface area contributed by atoms with E-state index in [0.717, 1.165) is 22.9 Å². The zero-order valence-corrected chi connectivity index (χ0v) is 20.8. The molecule has 37 heavy (non-hydrogen) atoms. The van der Waals surface area contributed by atoms with E-state index in [-0.39, 0.29) is 12.2 Å². The molecule has 2 aliphatic heterocycles. The zero-order valence-electron chi connectivity index (χ0n) is 20.0. The monoisotopic (exact) mass is 538 g/mol. The van der Waals surface area contributed by atoms with Gasteiger partial charge in [-0.1, -0.05) is 0 Å². The van der Waals surface area contributed by atoms with E-state index in [9.17, 15) is 27.9 Å². The van der Waals surface area contributed by atoms with Crippen molar-refractivity contribution < 1.29 is 33.2 Å². The molecule has 3 heterocycles. The van der Waals surface area contributed by atoms with Crippen molar-refractivity contribution in [2.75, 3.05) is 28.2 Å². The summed E-state index contributed by atoms with van der Waals surface area (Å²) in [5, 5.41) is 24.9. The molecule has 1 aromatic carbocycles. The number of primary amides is 1. The summed E-state index contributed by atoms with van der Waals surface area (Å²) in [5.41, 5.74) is 6.43. The topological polar surface area (TPSA) is 151 Å². The second-order valence-corrected chi connectivity index (χ2v) is 10.4. The molecule has 1 atom stereocenters. The highest BCUT2D eigenvalue weighted by Gasteiger charge is 2.43. The molecule has 0 spiro atoms. The number of nitrogens with zero attached hydrogens (tertiary/aromatic N) is 2. The van der Waals surface area contributed by atoms with Crippen LogP contribution >= 0.6 is 11.3 Å². The Balaban J connectivity index is 1.62. The minimum atomic E-state index is -4.57. The standard InChI is InChI=1S/C23H26F3N7O3S/c1-22(2,36)5-6-32-15-8-16-14(30-21(35)33(16)11-23(24,25)26)7-13(15)29-20(32)31-19(34)18-4-3-17(37-18)12(9-27)10-28/h3-4,7-10,20,27,29,36H,5-6,11,28H2,1-2H3,(H,30,35)(H,31,34)/p+1/b12-10+,27-9?. The molecule has 8 N–H and O–H groups in total. The molecule has 10 nitrogen and oxygen atoms in total. The van der Waals surface area contributed by atoms with Crippen molar-refractivity contribution in [3.63, 3.8) is 0 Å². The number of benzene rings is 1. The third kappa shape index (κ3) is 5.70. The quantitative estimate of drug-likeness (QED) is 0.225. The van der Waals surface area contributed by atoms with Gasteiger partial charge >= 0.3 is 12.2 Å². The molecule has 2 aliphatic rings. The van der Waals surface area contributed by atoms with Gasteiger partial charge in [0.15, 0.2) is 12.0 Å². The molecule has 0 bridgehead atoms. The van der Waals surface area contributed by atoms with Crippen molar-refractivity contribution in [1.82, 2.24) is 5.32 Å². The van der Waals surface area contributed by atoms with Crippen LogP contribution in [0.2, 0.25) is 0 Å². The number of fused-ring (bicyclic) bond motifs is 2. The van der Waals surface area contributed by atoms with E-state index < -0.39 is 36.6 Å². The first-order chi connectivity index (χ1) is 17.3. The van der Waals surface area contributed by atoms with Crippen molar-refractivity contribution >= 4 is 57.8 Å². The van der Waals surface area contributed by atoms with Gasteiger partial charge in [0.05, 0.1) is 21.9 Å². The number of nitrogens with one attached hydrogen (secondary N) is 3. The number of hydrogen-bond donors (Lipinski definition) is 6. The lowest BCUT2D eigenvalue weighted by atomic mass is 10.1. The fourth-order valence-electron chi connectivity index (χ4n) is 4.10. The minimum absolute atomic E-state index is 0.124. The highest BCUT2D eigenvalue weighted by Crippen LogP contribution is 2.42. The lowest BCUT2D eigenvalue weighted by Gasteiger charge is -2.30. The molecule has 0 aliphatic carbocycles. The Morgan fingerprint density at radius 3 is 2.62 bits per heavy atom. The van der Waals surface area contributed by atoms with Crippen molar-refractivity contribution in [3.05, 3.63) is 40.2 Å². The van der Waals surface area contributed by atoms with Crippen LogP contribution in [0.1, 0.15) is 34.8 Å². The maximum Gasteiger partial charge on any atom is 0.425 e. The molecule has 2 aromatic rings. The molecule has 14 heteroatoms. The number of anilines is 3. The van der Waals surface area contributed by atoms with E-state index in [4.69, 9.17) is 11.1 Å². The molecule has 0 saturated heterocycles. The SMILES string of the molecule is CC(C)(O)CCN1c2cc3c(cc2NC1NC(=O)c1ccc(/C(C=N)=C/N)s1)[NH2+]C(=O)N3CC(F)(F)F. The normalized spacial score (nSPS) is 17.5. The number of carbonyl (C=O) groups is 2. The molecular weight excluding hydrogens is 511 g/mol. The van der Waals surface area contributed by atoms with E-state index in [1.54, 1.807) is 36.9 Å². The maximum absolute atomic E-state index is 13.1. The molecule has 1 unspecified atom stereocenters. The molecule has 1 aromatic heterocycles. The molecular formula is C23H27F3N7O3S+. The predicted octanol–water partition coefficient (Wildman–Crippen LogP) is 2.50. The number of amides is 3. The number of alkyl halides is 3. The van der Waals surface area contributed by atoms with Crippen LogP contribution in [-0.4, -0.2) is 54.4 Å². The van der Waals surface area contributed by atoms with Crippen molar-refractivity contribution in [1.29, 1.82) is 5.41 Å². The third-order valence-electron chi connectivity index (χ3n) is 5.91. The first-order valence-corrected chi connectivity index (χ1v) is 12.1. The second-order valence-electron chi connectivity index (χ2n) is 9.32. The van der Waals surface area contributed by atoms with Gasteiger partial charge in [0, 0.05) is 35.5 Å². The summed E-state index contributed by atoms with van der Waals surface area (Å²) in [7, 11) is 0. The summed E-state index contributed by atoms with van der Waals surface area (Å²) in [6.07, 6.45) is -2.68. The Kier molecular flexibility index (Phi) is 6.92. The largest absolute Gasteiger partial charge is 0.425 e. The second kappa shape index (κ2) is 9.68.